The molecule has 3 aliphatic rings. The Morgan fingerprint density at radius 1 is 1.06 bits per heavy atom. The van der Waals surface area contributed by atoms with Crippen molar-refractivity contribution in [3.05, 3.63) is 64.2 Å². The van der Waals surface area contributed by atoms with Crippen LogP contribution in [-0.4, -0.2) is 48.7 Å². The number of halogens is 1. The Hall–Kier alpha value is -1.89. The lowest BCUT2D eigenvalue weighted by atomic mass is 9.51. The van der Waals surface area contributed by atoms with E-state index in [4.69, 9.17) is 11.6 Å². The van der Waals surface area contributed by atoms with Gasteiger partial charge in [0.15, 0.2) is 0 Å². The van der Waals surface area contributed by atoms with Crippen molar-refractivity contribution in [1.29, 1.82) is 0 Å². The molecular formula is C27H33ClN2O3S. The summed E-state index contributed by atoms with van der Waals surface area (Å²) in [4.78, 5) is 16.2. The maximum absolute atomic E-state index is 14.0. The molecule has 1 aliphatic carbocycles. The third kappa shape index (κ3) is 3.29. The number of amides is 1. The Balaban J connectivity index is 1.49. The van der Waals surface area contributed by atoms with Gasteiger partial charge >= 0.3 is 0 Å². The summed E-state index contributed by atoms with van der Waals surface area (Å²) in [6, 6.07) is 12.9. The summed E-state index contributed by atoms with van der Waals surface area (Å²) >= 11 is 6.23. The molecule has 5 rings (SSSR count). The number of fused-ring (bicyclic) bond motifs is 4. The van der Waals surface area contributed by atoms with Crippen molar-refractivity contribution in [3.63, 3.8) is 0 Å². The molecule has 34 heavy (non-hydrogen) atoms. The summed E-state index contributed by atoms with van der Waals surface area (Å²) in [6.07, 6.45) is 2.90. The van der Waals surface area contributed by atoms with Crippen LogP contribution in [-0.2, 0) is 26.7 Å². The average Bonchev–Trinajstić information content (AvgIpc) is 3.29. The molecule has 2 saturated heterocycles. The first kappa shape index (κ1) is 23.8. The molecule has 7 heteroatoms. The molecule has 0 N–H and O–H groups in total. The summed E-state index contributed by atoms with van der Waals surface area (Å²) in [5, 5.41) is 0.418. The zero-order valence-corrected chi connectivity index (χ0v) is 21.9. The molecule has 182 valence electrons. The van der Waals surface area contributed by atoms with E-state index in [1.165, 1.54) is 15.4 Å². The number of benzene rings is 2. The number of likely N-dealkylation sites (tertiary alicyclic amines) is 1. The number of carbonyl (C=O) groups excluding carboxylic acids is 1. The monoisotopic (exact) mass is 500 g/mol. The SMILES string of the molecule is Cc1c(Cl)cccc1S(=O)(=O)N1CCCC1C(=O)N1CC[C@@]2(C)c3ccccc3C[C@@H]1C2(C)C. The summed E-state index contributed by atoms with van der Waals surface area (Å²) in [7, 11) is -3.83. The highest BCUT2D eigenvalue weighted by Crippen LogP contribution is 2.56. The van der Waals surface area contributed by atoms with Gasteiger partial charge in [-0.1, -0.05) is 62.7 Å². The minimum atomic E-state index is -3.83. The first-order valence-corrected chi connectivity index (χ1v) is 14.0. The largest absolute Gasteiger partial charge is 0.337 e. The normalized spacial score (nSPS) is 28.6. The van der Waals surface area contributed by atoms with Crippen LogP contribution < -0.4 is 0 Å². The van der Waals surface area contributed by atoms with Gasteiger partial charge in [0.1, 0.15) is 6.04 Å². The fraction of sp³-hybridized carbons (Fsp3) is 0.519. The van der Waals surface area contributed by atoms with Crippen LogP contribution in [0.2, 0.25) is 5.02 Å². The standard InChI is InChI=1S/C27H33ClN2O3S/c1-18-21(28)11-7-13-23(18)34(32,33)30-15-8-12-22(30)25(31)29-16-14-27(4)20-10-6-5-9-19(20)17-24(29)26(27,2)3/h5-7,9-11,13,22,24H,8,12,14-17H2,1-4H3/t22?,24-,27+/m1/s1. The van der Waals surface area contributed by atoms with Crippen molar-refractivity contribution in [2.45, 2.75) is 75.8 Å². The second-order valence-electron chi connectivity index (χ2n) is 10.8. The molecule has 2 fully saturated rings. The Labute approximate surface area is 208 Å². The minimum Gasteiger partial charge on any atom is -0.337 e. The number of nitrogens with zero attached hydrogens (tertiary/aromatic N) is 2. The van der Waals surface area contributed by atoms with Gasteiger partial charge < -0.3 is 4.90 Å². The highest BCUT2D eigenvalue weighted by molar-refractivity contribution is 7.89. The third-order valence-corrected chi connectivity index (χ3v) is 11.5. The number of rotatable bonds is 3. The summed E-state index contributed by atoms with van der Waals surface area (Å²) < 4.78 is 28.7. The summed E-state index contributed by atoms with van der Waals surface area (Å²) in [5.41, 5.74) is 3.08. The number of piperidine rings is 1. The van der Waals surface area contributed by atoms with E-state index in [-0.39, 0.29) is 27.7 Å². The zero-order valence-electron chi connectivity index (χ0n) is 20.3. The van der Waals surface area contributed by atoms with E-state index < -0.39 is 16.1 Å². The fourth-order valence-electron chi connectivity index (χ4n) is 6.59. The predicted octanol–water partition coefficient (Wildman–Crippen LogP) is 4.94. The van der Waals surface area contributed by atoms with Crippen LogP contribution in [0, 0.1) is 12.3 Å². The topological polar surface area (TPSA) is 57.7 Å². The molecule has 0 radical (unpaired) electrons. The van der Waals surface area contributed by atoms with Crippen molar-refractivity contribution >= 4 is 27.5 Å². The van der Waals surface area contributed by atoms with Crippen LogP contribution in [0.5, 0.6) is 0 Å². The first-order chi connectivity index (χ1) is 16.0. The van der Waals surface area contributed by atoms with Crippen LogP contribution >= 0.6 is 11.6 Å². The molecule has 1 amide bonds. The van der Waals surface area contributed by atoms with Gasteiger partial charge in [0.05, 0.1) is 4.90 Å². The lowest BCUT2D eigenvalue weighted by Crippen LogP contribution is -2.66. The lowest BCUT2D eigenvalue weighted by Gasteiger charge is -2.61. The summed E-state index contributed by atoms with van der Waals surface area (Å²) in [6.45, 7) is 9.59. The maximum Gasteiger partial charge on any atom is 0.244 e. The van der Waals surface area contributed by atoms with Crippen LogP contribution in [0.4, 0.5) is 0 Å². The predicted molar refractivity (Wildman–Crippen MR) is 134 cm³/mol. The van der Waals surface area contributed by atoms with Gasteiger partial charge in [-0.25, -0.2) is 8.42 Å². The van der Waals surface area contributed by atoms with Crippen molar-refractivity contribution < 1.29 is 13.2 Å². The highest BCUT2D eigenvalue weighted by Gasteiger charge is 2.57. The van der Waals surface area contributed by atoms with Gasteiger partial charge in [0.2, 0.25) is 15.9 Å². The first-order valence-electron chi connectivity index (χ1n) is 12.2. The molecule has 2 aliphatic heterocycles. The molecular weight excluding hydrogens is 468 g/mol. The van der Waals surface area contributed by atoms with Crippen molar-refractivity contribution in [1.82, 2.24) is 9.21 Å². The van der Waals surface area contributed by atoms with Crippen molar-refractivity contribution in [3.8, 4) is 0 Å². The van der Waals surface area contributed by atoms with Gasteiger partial charge in [-0.05, 0) is 66.8 Å². The number of hydrogen-bond acceptors (Lipinski definition) is 3. The Morgan fingerprint density at radius 3 is 2.56 bits per heavy atom. The maximum atomic E-state index is 14.0. The van der Waals surface area contributed by atoms with Crippen LogP contribution in [0.15, 0.2) is 47.4 Å². The van der Waals surface area contributed by atoms with E-state index >= 15 is 0 Å². The van der Waals surface area contributed by atoms with Crippen molar-refractivity contribution in [2.75, 3.05) is 13.1 Å². The second-order valence-corrected chi connectivity index (χ2v) is 13.1. The molecule has 2 aromatic rings. The molecule has 5 nitrogen and oxygen atoms in total. The number of hydrogen-bond donors (Lipinski definition) is 0. The number of sulfonamides is 1. The molecule has 3 atom stereocenters. The van der Waals surface area contributed by atoms with E-state index in [2.05, 4.69) is 45.0 Å². The molecule has 2 heterocycles. The van der Waals surface area contributed by atoms with Gasteiger partial charge in [0.25, 0.3) is 0 Å². The molecule has 0 aromatic heterocycles. The van der Waals surface area contributed by atoms with Crippen LogP contribution in [0.25, 0.3) is 0 Å². The Morgan fingerprint density at radius 2 is 1.79 bits per heavy atom. The Bertz CT molecular complexity index is 1260. The molecule has 2 bridgehead atoms. The lowest BCUT2D eigenvalue weighted by molar-refractivity contribution is -0.147. The van der Waals surface area contributed by atoms with E-state index in [0.717, 1.165) is 12.8 Å². The molecule has 0 spiro atoms. The van der Waals surface area contributed by atoms with Gasteiger partial charge in [-0.15, -0.1) is 0 Å². The number of carbonyl (C=O) groups is 1. The highest BCUT2D eigenvalue weighted by atomic mass is 35.5. The van der Waals surface area contributed by atoms with Gasteiger partial charge in [0, 0.05) is 29.6 Å². The van der Waals surface area contributed by atoms with Crippen LogP contribution in [0.3, 0.4) is 0 Å². The minimum absolute atomic E-state index is 0.0252. The average molecular weight is 501 g/mol. The van der Waals surface area contributed by atoms with E-state index in [9.17, 15) is 13.2 Å². The second kappa shape index (κ2) is 8.07. The van der Waals surface area contributed by atoms with E-state index in [0.29, 0.717) is 36.5 Å². The van der Waals surface area contributed by atoms with E-state index in [1.54, 1.807) is 25.1 Å². The quantitative estimate of drug-likeness (QED) is 0.599. The third-order valence-electron chi connectivity index (χ3n) is 9.09. The van der Waals surface area contributed by atoms with Crippen molar-refractivity contribution in [2.24, 2.45) is 5.41 Å². The van der Waals surface area contributed by atoms with Gasteiger partial charge in [-0.2, -0.15) is 4.31 Å². The molecule has 0 saturated carbocycles. The zero-order chi connectivity index (χ0) is 24.5. The fourth-order valence-corrected chi connectivity index (χ4v) is 8.73. The summed E-state index contributed by atoms with van der Waals surface area (Å²) in [5.74, 6) is -0.0553. The Kier molecular flexibility index (Phi) is 5.66. The van der Waals surface area contributed by atoms with E-state index in [1.807, 2.05) is 4.90 Å². The van der Waals surface area contributed by atoms with Crippen LogP contribution in [0.1, 0.15) is 56.7 Å². The molecule has 2 aromatic carbocycles. The molecule has 1 unspecified atom stereocenters. The smallest absolute Gasteiger partial charge is 0.244 e. The van der Waals surface area contributed by atoms with Gasteiger partial charge in [-0.3, -0.25) is 4.79 Å².